The van der Waals surface area contributed by atoms with Crippen molar-refractivity contribution in [3.05, 3.63) is 30.5 Å². The number of nitrogens with zero attached hydrogens (tertiary/aromatic N) is 1. The zero-order chi connectivity index (χ0) is 13.4. The van der Waals surface area contributed by atoms with Gasteiger partial charge in [-0.2, -0.15) is 0 Å². The van der Waals surface area contributed by atoms with Crippen LogP contribution in [0.2, 0.25) is 0 Å². The van der Waals surface area contributed by atoms with E-state index in [-0.39, 0.29) is 0 Å². The number of fused-ring (bicyclic) bond motifs is 1. The van der Waals surface area contributed by atoms with Crippen LogP contribution in [0.3, 0.4) is 0 Å². The number of nitrogens with two attached hydrogens (primary N) is 1. The van der Waals surface area contributed by atoms with E-state index in [1.54, 1.807) is 14.0 Å². The Morgan fingerprint density at radius 2 is 2.17 bits per heavy atom. The third-order valence-corrected chi connectivity index (χ3v) is 2.32. The molecule has 0 aliphatic carbocycles. The topological polar surface area (TPSA) is 66.5 Å². The van der Waals surface area contributed by atoms with Crippen molar-refractivity contribution in [2.24, 2.45) is 0 Å². The maximum absolute atomic E-state index is 9.18. The largest absolute Gasteiger partial charge is 0.468 e. The van der Waals surface area contributed by atoms with Gasteiger partial charge in [0, 0.05) is 18.7 Å². The van der Waals surface area contributed by atoms with Gasteiger partial charge in [0.1, 0.15) is 6.73 Å². The number of para-hydroxylation sites is 1. The molecule has 0 saturated carbocycles. The number of benzene rings is 1. The Bertz CT molecular complexity index is 494. The molecular weight excluding hydrogens is 232 g/mol. The lowest BCUT2D eigenvalue weighted by Gasteiger charge is -2.04. The summed E-state index contributed by atoms with van der Waals surface area (Å²) in [6.07, 6.45) is 1.98. The second-order valence-electron chi connectivity index (χ2n) is 3.54. The van der Waals surface area contributed by atoms with Gasteiger partial charge >= 0.3 is 0 Å². The second-order valence-corrected chi connectivity index (χ2v) is 3.54. The van der Waals surface area contributed by atoms with Crippen molar-refractivity contribution in [2.75, 3.05) is 19.5 Å². The molecule has 0 atom stereocenters. The van der Waals surface area contributed by atoms with Crippen molar-refractivity contribution < 1.29 is 14.3 Å². The molecule has 0 amide bonds. The third-order valence-electron chi connectivity index (χ3n) is 2.32. The second kappa shape index (κ2) is 7.34. The minimum absolute atomic E-state index is 0.431. The van der Waals surface area contributed by atoms with Gasteiger partial charge in [-0.15, -0.1) is 0 Å². The summed E-state index contributed by atoms with van der Waals surface area (Å²) in [6.45, 7) is 3.20. The molecule has 0 bridgehead atoms. The molecule has 0 aliphatic rings. The first-order chi connectivity index (χ1) is 8.74. The molecule has 5 heteroatoms. The van der Waals surface area contributed by atoms with E-state index in [1.807, 2.05) is 35.0 Å². The lowest BCUT2D eigenvalue weighted by Crippen LogP contribution is -1.99. The van der Waals surface area contributed by atoms with Crippen molar-refractivity contribution in [3.8, 4) is 0 Å². The predicted molar refractivity (Wildman–Crippen MR) is 71.0 cm³/mol. The highest BCUT2D eigenvalue weighted by Crippen LogP contribution is 2.21. The van der Waals surface area contributed by atoms with Gasteiger partial charge in [0.25, 0.3) is 6.47 Å². The van der Waals surface area contributed by atoms with Crippen LogP contribution in [0.1, 0.15) is 6.92 Å². The fourth-order valence-electron chi connectivity index (χ4n) is 1.61. The summed E-state index contributed by atoms with van der Waals surface area (Å²) >= 11 is 0. The van der Waals surface area contributed by atoms with E-state index in [9.17, 15) is 4.79 Å². The van der Waals surface area contributed by atoms with Crippen LogP contribution < -0.4 is 5.73 Å². The summed E-state index contributed by atoms with van der Waals surface area (Å²) in [4.78, 5) is 9.18. The molecule has 0 unspecified atom stereocenters. The predicted octanol–water partition coefficient (Wildman–Crippen LogP) is 2.01. The van der Waals surface area contributed by atoms with Gasteiger partial charge in [0.15, 0.2) is 0 Å². The highest BCUT2D eigenvalue weighted by Gasteiger charge is 2.02. The first-order valence-corrected chi connectivity index (χ1v) is 5.62. The Hall–Kier alpha value is -2.01. The molecule has 2 rings (SSSR count). The van der Waals surface area contributed by atoms with E-state index in [1.165, 1.54) is 0 Å². The molecule has 2 aromatic rings. The molecule has 1 heterocycles. The summed E-state index contributed by atoms with van der Waals surface area (Å²) in [7, 11) is 1.67. The van der Waals surface area contributed by atoms with Crippen LogP contribution in [0, 0.1) is 0 Å². The van der Waals surface area contributed by atoms with Crippen molar-refractivity contribution in [2.45, 2.75) is 13.7 Å². The monoisotopic (exact) mass is 250 g/mol. The number of carbonyl (C=O) groups is 1. The van der Waals surface area contributed by atoms with E-state index in [0.717, 1.165) is 16.6 Å². The Balaban J connectivity index is 0.000000280. The van der Waals surface area contributed by atoms with Crippen LogP contribution in [0.25, 0.3) is 10.9 Å². The van der Waals surface area contributed by atoms with Crippen LogP contribution in [-0.2, 0) is 21.0 Å². The Kier molecular flexibility index (Phi) is 5.73. The summed E-state index contributed by atoms with van der Waals surface area (Å²) in [5.74, 6) is 0. The van der Waals surface area contributed by atoms with E-state index in [0.29, 0.717) is 19.8 Å². The highest BCUT2D eigenvalue weighted by molar-refractivity contribution is 5.90. The molecular formula is C13H18N2O3. The minimum atomic E-state index is 0.431. The average Bonchev–Trinajstić information content (AvgIpc) is 2.76. The molecule has 18 heavy (non-hydrogen) atoms. The van der Waals surface area contributed by atoms with Crippen LogP contribution in [-0.4, -0.2) is 24.8 Å². The summed E-state index contributed by atoms with van der Waals surface area (Å²) in [5, 5.41) is 1.15. The number of rotatable bonds is 4. The lowest BCUT2D eigenvalue weighted by molar-refractivity contribution is -0.128. The van der Waals surface area contributed by atoms with E-state index < -0.39 is 0 Å². The van der Waals surface area contributed by atoms with Crippen LogP contribution in [0.4, 0.5) is 5.69 Å². The molecule has 0 spiro atoms. The van der Waals surface area contributed by atoms with Gasteiger partial charge in [-0.3, -0.25) is 4.79 Å². The zero-order valence-corrected chi connectivity index (χ0v) is 10.6. The van der Waals surface area contributed by atoms with E-state index >= 15 is 0 Å². The number of aromatic nitrogens is 1. The fraction of sp³-hybridized carbons (Fsp3) is 0.308. The van der Waals surface area contributed by atoms with Crippen LogP contribution in [0.15, 0.2) is 30.5 Å². The van der Waals surface area contributed by atoms with E-state index in [4.69, 9.17) is 10.5 Å². The highest BCUT2D eigenvalue weighted by atomic mass is 16.5. The van der Waals surface area contributed by atoms with Crippen LogP contribution >= 0.6 is 0 Å². The Morgan fingerprint density at radius 1 is 1.39 bits per heavy atom. The Labute approximate surface area is 106 Å². The molecule has 5 nitrogen and oxygen atoms in total. The number of hydrogen-bond donors (Lipinski definition) is 1. The molecule has 98 valence electrons. The first kappa shape index (κ1) is 14.1. The van der Waals surface area contributed by atoms with Gasteiger partial charge < -0.3 is 19.8 Å². The van der Waals surface area contributed by atoms with Crippen molar-refractivity contribution in [3.63, 3.8) is 0 Å². The minimum Gasteiger partial charge on any atom is -0.468 e. The van der Waals surface area contributed by atoms with Gasteiger partial charge in [0.2, 0.25) is 0 Å². The molecule has 0 radical (unpaired) electrons. The maximum Gasteiger partial charge on any atom is 0.293 e. The number of anilines is 1. The maximum atomic E-state index is 9.18. The number of carbonyl (C=O) groups excluding carboxylic acids is 1. The molecule has 1 aromatic carbocycles. The van der Waals surface area contributed by atoms with E-state index in [2.05, 4.69) is 4.74 Å². The SMILES string of the molecule is CCOC=O.COCn1ccc2cccc(N)c21. The van der Waals surface area contributed by atoms with Crippen LogP contribution in [0.5, 0.6) is 0 Å². The van der Waals surface area contributed by atoms with Crippen molar-refractivity contribution in [1.29, 1.82) is 0 Å². The molecule has 0 aliphatic heterocycles. The summed E-state index contributed by atoms with van der Waals surface area (Å²) in [5.41, 5.74) is 7.69. The normalized spacial score (nSPS) is 9.67. The number of nitrogen functional groups attached to an aromatic ring is 1. The van der Waals surface area contributed by atoms with Gasteiger partial charge in [-0.1, -0.05) is 12.1 Å². The summed E-state index contributed by atoms with van der Waals surface area (Å²) in [6, 6.07) is 7.92. The lowest BCUT2D eigenvalue weighted by atomic mass is 10.2. The third kappa shape index (κ3) is 3.49. The molecule has 2 N–H and O–H groups in total. The number of hydrogen-bond acceptors (Lipinski definition) is 4. The van der Waals surface area contributed by atoms with Crippen molar-refractivity contribution >= 4 is 23.1 Å². The Morgan fingerprint density at radius 3 is 2.72 bits per heavy atom. The smallest absolute Gasteiger partial charge is 0.293 e. The summed E-state index contributed by atoms with van der Waals surface area (Å²) < 4.78 is 11.2. The van der Waals surface area contributed by atoms with Gasteiger partial charge in [-0.25, -0.2) is 0 Å². The van der Waals surface area contributed by atoms with Gasteiger partial charge in [0.05, 0.1) is 17.8 Å². The number of ether oxygens (including phenoxy) is 2. The average molecular weight is 250 g/mol. The number of methoxy groups -OCH3 is 1. The molecule has 1 aromatic heterocycles. The molecule has 0 fully saturated rings. The quantitative estimate of drug-likeness (QED) is 0.665. The fourth-order valence-corrected chi connectivity index (χ4v) is 1.61. The molecule has 0 saturated heterocycles. The first-order valence-electron chi connectivity index (χ1n) is 5.62. The van der Waals surface area contributed by atoms with Crippen molar-refractivity contribution in [1.82, 2.24) is 4.57 Å². The van der Waals surface area contributed by atoms with Gasteiger partial charge in [-0.05, 0) is 19.1 Å². The zero-order valence-electron chi connectivity index (χ0n) is 10.6. The standard InChI is InChI=1S/C10H12N2O.C3H6O2/c1-13-7-12-6-5-8-3-2-4-9(11)10(8)12;1-2-5-3-4/h2-6H,7,11H2,1H3;3H,2H2,1H3.